The lowest BCUT2D eigenvalue weighted by Crippen LogP contribution is -2.14. The number of hydrogen-bond donors (Lipinski definition) is 2. The molecule has 0 radical (unpaired) electrons. The highest BCUT2D eigenvalue weighted by atomic mass is 16.6. The summed E-state index contributed by atoms with van der Waals surface area (Å²) in [5, 5.41) is 19.9. The number of carbonyl (C=O) groups is 1. The Morgan fingerprint density at radius 3 is 2.64 bits per heavy atom. The first kappa shape index (κ1) is 17.7. The number of anilines is 1. The van der Waals surface area contributed by atoms with E-state index in [2.05, 4.69) is 6.92 Å². The number of nitrogen functional groups attached to an aromatic ring is 1. The molecule has 3 N–H and O–H groups in total. The van der Waals surface area contributed by atoms with Gasteiger partial charge in [0.05, 0.1) is 22.8 Å². The lowest BCUT2D eigenvalue weighted by atomic mass is 10.1. The number of nitrogens with zero attached hydrogens (tertiary/aromatic N) is 1. The van der Waals surface area contributed by atoms with Gasteiger partial charge in [0.25, 0.3) is 5.69 Å². The third-order valence-electron chi connectivity index (χ3n) is 3.35. The van der Waals surface area contributed by atoms with Gasteiger partial charge in [-0.2, -0.15) is 0 Å². The van der Waals surface area contributed by atoms with Gasteiger partial charge in [-0.25, -0.2) is 4.79 Å². The van der Waals surface area contributed by atoms with E-state index in [1.807, 2.05) is 6.92 Å². The normalized spacial score (nSPS) is 11.9. The molecule has 1 atom stereocenters. The minimum atomic E-state index is -1.39. The zero-order valence-electron chi connectivity index (χ0n) is 12.9. The zero-order chi connectivity index (χ0) is 16.7. The van der Waals surface area contributed by atoms with Crippen molar-refractivity contribution in [3.63, 3.8) is 0 Å². The van der Waals surface area contributed by atoms with Crippen molar-refractivity contribution in [2.45, 2.75) is 52.1 Å². The Hall–Kier alpha value is -2.31. The summed E-state index contributed by atoms with van der Waals surface area (Å²) in [5.41, 5.74) is 4.87. The number of nitro groups is 1. The highest BCUT2D eigenvalue weighted by Crippen LogP contribution is 2.32. The number of hydrogen-bond acceptors (Lipinski definition) is 5. The third kappa shape index (κ3) is 4.91. The molecule has 0 aliphatic heterocycles. The number of carboxylic acid groups (broad SMARTS) is 1. The molecule has 1 aromatic rings. The van der Waals surface area contributed by atoms with E-state index in [0.717, 1.165) is 44.2 Å². The minimum Gasteiger partial charge on any atom is -0.488 e. The summed E-state index contributed by atoms with van der Waals surface area (Å²) in [6.07, 6.45) is 5.09. The van der Waals surface area contributed by atoms with Crippen molar-refractivity contribution in [1.29, 1.82) is 0 Å². The quantitative estimate of drug-likeness (QED) is 0.311. The Morgan fingerprint density at radius 2 is 2.09 bits per heavy atom. The first-order chi connectivity index (χ1) is 10.4. The largest absolute Gasteiger partial charge is 0.488 e. The van der Waals surface area contributed by atoms with E-state index >= 15 is 0 Å². The van der Waals surface area contributed by atoms with Crippen LogP contribution in [0, 0.1) is 10.1 Å². The van der Waals surface area contributed by atoms with E-state index in [1.54, 1.807) is 0 Å². The van der Waals surface area contributed by atoms with Crippen LogP contribution in [-0.2, 0) is 0 Å². The number of nitro benzene ring substituents is 1. The molecule has 1 rings (SSSR count). The second-order valence-electron chi connectivity index (χ2n) is 5.25. The number of unbranched alkanes of at least 4 members (excludes halogenated alkanes) is 3. The van der Waals surface area contributed by atoms with Crippen molar-refractivity contribution >= 4 is 17.3 Å². The molecule has 0 bridgehead atoms. The van der Waals surface area contributed by atoms with Crippen molar-refractivity contribution in [3.8, 4) is 5.75 Å². The maximum absolute atomic E-state index is 11.0. The molecule has 1 unspecified atom stereocenters. The van der Waals surface area contributed by atoms with E-state index < -0.39 is 22.1 Å². The van der Waals surface area contributed by atoms with Gasteiger partial charge < -0.3 is 15.6 Å². The summed E-state index contributed by atoms with van der Waals surface area (Å²) >= 11 is 0. The minimum absolute atomic E-state index is 0.0865. The summed E-state index contributed by atoms with van der Waals surface area (Å²) in [6.45, 7) is 3.99. The smallest absolute Gasteiger partial charge is 0.342 e. The van der Waals surface area contributed by atoms with Gasteiger partial charge in [-0.1, -0.05) is 26.2 Å². The average molecular weight is 310 g/mol. The van der Waals surface area contributed by atoms with Crippen molar-refractivity contribution in [2.75, 3.05) is 5.73 Å². The molecule has 1 aromatic carbocycles. The van der Waals surface area contributed by atoms with E-state index in [4.69, 9.17) is 15.6 Å². The number of benzene rings is 1. The van der Waals surface area contributed by atoms with Crippen molar-refractivity contribution < 1.29 is 19.6 Å². The van der Waals surface area contributed by atoms with Gasteiger partial charge in [0.1, 0.15) is 11.3 Å². The fourth-order valence-electron chi connectivity index (χ4n) is 2.14. The molecule has 0 aliphatic carbocycles. The van der Waals surface area contributed by atoms with Crippen LogP contribution in [0.1, 0.15) is 56.3 Å². The molecule has 0 amide bonds. The molecular formula is C15H22N2O5. The monoisotopic (exact) mass is 310 g/mol. The molecule has 0 spiro atoms. The van der Waals surface area contributed by atoms with Gasteiger partial charge >= 0.3 is 5.97 Å². The number of nitrogens with two attached hydrogens (primary N) is 1. The molecule has 7 nitrogen and oxygen atoms in total. The number of ether oxygens (including phenoxy) is 1. The predicted octanol–water partition coefficient (Wildman–Crippen LogP) is 3.61. The van der Waals surface area contributed by atoms with Crippen LogP contribution in [-0.4, -0.2) is 22.1 Å². The summed E-state index contributed by atoms with van der Waals surface area (Å²) in [5.74, 6) is -1.24. The molecule has 0 saturated carbocycles. The molecule has 0 heterocycles. The summed E-state index contributed by atoms with van der Waals surface area (Å²) in [7, 11) is 0. The fourth-order valence-corrected chi connectivity index (χ4v) is 2.14. The first-order valence-corrected chi connectivity index (χ1v) is 7.34. The zero-order valence-corrected chi connectivity index (χ0v) is 12.9. The molecule has 0 aromatic heterocycles. The Morgan fingerprint density at radius 1 is 1.41 bits per heavy atom. The maximum Gasteiger partial charge on any atom is 0.342 e. The predicted molar refractivity (Wildman–Crippen MR) is 83.3 cm³/mol. The second kappa shape index (κ2) is 8.21. The highest BCUT2D eigenvalue weighted by molar-refractivity contribution is 5.94. The van der Waals surface area contributed by atoms with Crippen LogP contribution in [0.5, 0.6) is 5.75 Å². The molecular weight excluding hydrogens is 288 g/mol. The van der Waals surface area contributed by atoms with Gasteiger partial charge in [0.15, 0.2) is 0 Å². The summed E-state index contributed by atoms with van der Waals surface area (Å²) in [6, 6.07) is 2.15. The van der Waals surface area contributed by atoms with E-state index in [1.165, 1.54) is 0 Å². The lowest BCUT2D eigenvalue weighted by molar-refractivity contribution is -0.385. The average Bonchev–Trinajstić information content (AvgIpc) is 2.45. The Kier molecular flexibility index (Phi) is 6.62. The molecule has 0 aliphatic rings. The second-order valence-corrected chi connectivity index (χ2v) is 5.25. The van der Waals surface area contributed by atoms with Crippen LogP contribution < -0.4 is 10.5 Å². The van der Waals surface area contributed by atoms with Gasteiger partial charge in [-0.05, 0) is 25.8 Å². The molecule has 7 heteroatoms. The van der Waals surface area contributed by atoms with Crippen LogP contribution in [0.3, 0.4) is 0 Å². The van der Waals surface area contributed by atoms with Gasteiger partial charge in [0.2, 0.25) is 0 Å². The Labute approximate surface area is 129 Å². The molecule has 22 heavy (non-hydrogen) atoms. The molecule has 122 valence electrons. The van der Waals surface area contributed by atoms with Crippen molar-refractivity contribution in [2.24, 2.45) is 0 Å². The number of rotatable bonds is 9. The summed E-state index contributed by atoms with van der Waals surface area (Å²) in [4.78, 5) is 21.2. The van der Waals surface area contributed by atoms with Crippen LogP contribution in [0.15, 0.2) is 12.1 Å². The number of carboxylic acids is 1. The van der Waals surface area contributed by atoms with Crippen LogP contribution >= 0.6 is 0 Å². The van der Waals surface area contributed by atoms with Gasteiger partial charge in [-0.3, -0.25) is 10.1 Å². The highest BCUT2D eigenvalue weighted by Gasteiger charge is 2.23. The fraction of sp³-hybridized carbons (Fsp3) is 0.533. The Balaban J connectivity index is 2.84. The van der Waals surface area contributed by atoms with Gasteiger partial charge in [-0.15, -0.1) is 0 Å². The van der Waals surface area contributed by atoms with E-state index in [-0.39, 0.29) is 17.5 Å². The van der Waals surface area contributed by atoms with Gasteiger partial charge in [0, 0.05) is 0 Å². The van der Waals surface area contributed by atoms with Crippen molar-refractivity contribution in [3.05, 3.63) is 27.8 Å². The first-order valence-electron chi connectivity index (χ1n) is 7.34. The Bertz CT molecular complexity index is 545. The van der Waals surface area contributed by atoms with Crippen LogP contribution in [0.25, 0.3) is 0 Å². The van der Waals surface area contributed by atoms with Crippen LogP contribution in [0.4, 0.5) is 11.4 Å². The standard InChI is InChI=1S/C15H22N2O5/c1-3-4-5-6-7-10(2)22-14-9-13(17(20)21)11(15(18)19)8-12(14)16/h8-10H,3-7,16H2,1-2H3,(H,18,19). The molecule has 0 saturated heterocycles. The van der Waals surface area contributed by atoms with E-state index in [9.17, 15) is 14.9 Å². The maximum atomic E-state index is 11.0. The SMILES string of the molecule is CCCCCCC(C)Oc1cc([N+](=O)[O-])c(C(=O)O)cc1N. The number of aromatic carboxylic acids is 1. The van der Waals surface area contributed by atoms with E-state index in [0.29, 0.717) is 0 Å². The van der Waals surface area contributed by atoms with Crippen molar-refractivity contribution in [1.82, 2.24) is 0 Å². The third-order valence-corrected chi connectivity index (χ3v) is 3.35. The molecule has 0 fully saturated rings. The topological polar surface area (TPSA) is 116 Å². The lowest BCUT2D eigenvalue weighted by Gasteiger charge is -2.16. The summed E-state index contributed by atoms with van der Waals surface area (Å²) < 4.78 is 5.63. The van der Waals surface area contributed by atoms with Crippen LogP contribution in [0.2, 0.25) is 0 Å².